The van der Waals surface area contributed by atoms with Crippen molar-refractivity contribution in [2.45, 2.75) is 45.8 Å². The molecule has 0 unspecified atom stereocenters. The van der Waals surface area contributed by atoms with Gasteiger partial charge in [-0.2, -0.15) is 11.2 Å². The van der Waals surface area contributed by atoms with E-state index in [1.807, 2.05) is 0 Å². The Morgan fingerprint density at radius 3 is 2.10 bits per heavy atom. The zero-order valence-electron chi connectivity index (χ0n) is 7.74. The fraction of sp³-hybridized carbons (Fsp3) is 1.00. The predicted molar refractivity (Wildman–Crippen MR) is 55.3 cm³/mol. The van der Waals surface area contributed by atoms with Gasteiger partial charge in [0, 0.05) is 0 Å². The summed E-state index contributed by atoms with van der Waals surface area (Å²) in [5, 5.41) is 0. The van der Waals surface area contributed by atoms with E-state index in [9.17, 15) is 0 Å². The highest BCUT2D eigenvalue weighted by molar-refractivity contribution is 8.28. The van der Waals surface area contributed by atoms with Crippen LogP contribution in [0.15, 0.2) is 0 Å². The van der Waals surface area contributed by atoms with Gasteiger partial charge in [0.1, 0.15) is 7.22 Å². The maximum atomic E-state index is 2.42. The van der Waals surface area contributed by atoms with Crippen molar-refractivity contribution in [2.75, 3.05) is 5.75 Å². The van der Waals surface area contributed by atoms with E-state index >= 15 is 0 Å². The number of hydrogen-bond acceptors (Lipinski definition) is 1. The second kappa shape index (κ2) is 5.25. The smallest absolute Gasteiger partial charge is 0.108 e. The highest BCUT2D eigenvalue weighted by Gasteiger charge is 2.11. The minimum absolute atomic E-state index is 0.791. The average Bonchev–Trinajstić information content (AvgIpc) is 1.78. The summed E-state index contributed by atoms with van der Waals surface area (Å²) < 4.78 is 0. The molecule has 0 nitrogen and oxygen atoms in total. The minimum Gasteiger partial charge on any atom is -0.186 e. The molecule has 0 aromatic heterocycles. The molecule has 0 fully saturated rings. The Balaban J connectivity index is 3.04. The third-order valence-corrected chi connectivity index (χ3v) is 5.85. The van der Waals surface area contributed by atoms with Gasteiger partial charge in [-0.3, -0.25) is 0 Å². The van der Waals surface area contributed by atoms with Gasteiger partial charge in [0.05, 0.1) is 0 Å². The van der Waals surface area contributed by atoms with E-state index in [4.69, 9.17) is 0 Å². The van der Waals surface area contributed by atoms with Gasteiger partial charge in [0.15, 0.2) is 0 Å². The summed E-state index contributed by atoms with van der Waals surface area (Å²) in [6.07, 6.45) is 4.19. The largest absolute Gasteiger partial charge is 0.186 e. The van der Waals surface area contributed by atoms with Gasteiger partial charge in [0.2, 0.25) is 0 Å². The van der Waals surface area contributed by atoms with Crippen LogP contribution in [0.25, 0.3) is 0 Å². The Labute approximate surface area is 70.4 Å². The van der Waals surface area contributed by atoms with Crippen LogP contribution >= 0.6 is 11.2 Å². The molecular weight excluding hydrogens is 156 g/mol. The molecule has 0 heterocycles. The molecule has 0 aliphatic rings. The van der Waals surface area contributed by atoms with Crippen LogP contribution in [0.5, 0.6) is 0 Å². The van der Waals surface area contributed by atoms with Gasteiger partial charge in [-0.25, -0.2) is 0 Å². The monoisotopic (exact) mass is 176 g/mol. The molecule has 0 aromatic carbocycles. The predicted octanol–water partition coefficient (Wildman–Crippen LogP) is 3.74. The fourth-order valence-corrected chi connectivity index (χ4v) is 3.96. The lowest BCUT2D eigenvalue weighted by Crippen LogP contribution is -2.14. The molecule has 0 aliphatic heterocycles. The molecule has 0 rings (SSSR count). The van der Waals surface area contributed by atoms with Crippen LogP contribution in [-0.4, -0.2) is 13.0 Å². The molecule has 0 amide bonds. The molecule has 0 bridgehead atoms. The quantitative estimate of drug-likeness (QED) is 0.454. The highest BCUT2D eigenvalue weighted by Crippen LogP contribution is 2.20. The van der Waals surface area contributed by atoms with Crippen LogP contribution in [-0.2, 0) is 0 Å². The minimum atomic E-state index is -0.791. The van der Waals surface area contributed by atoms with Crippen LogP contribution in [0, 0.1) is 0 Å². The van der Waals surface area contributed by atoms with Crippen molar-refractivity contribution in [3.63, 3.8) is 0 Å². The molecule has 0 N–H and O–H groups in total. The number of rotatable bonds is 5. The van der Waals surface area contributed by atoms with E-state index in [0.29, 0.717) is 0 Å². The Morgan fingerprint density at radius 2 is 1.70 bits per heavy atom. The summed E-state index contributed by atoms with van der Waals surface area (Å²) in [6.45, 7) is 9.52. The van der Waals surface area contributed by atoms with Crippen molar-refractivity contribution in [1.29, 1.82) is 0 Å². The zero-order valence-corrected chi connectivity index (χ0v) is 9.55. The summed E-state index contributed by atoms with van der Waals surface area (Å²) in [7, 11) is -0.791. The number of hydrogen-bond donors (Lipinski definition) is 0. The van der Waals surface area contributed by atoms with Crippen LogP contribution < -0.4 is 0 Å². The number of unbranched alkanes of at least 4 members (excludes halogenated alkanes) is 2. The Hall–Kier alpha value is 0.567. The van der Waals surface area contributed by atoms with Crippen molar-refractivity contribution in [3.05, 3.63) is 0 Å². The zero-order chi connectivity index (χ0) is 8.04. The second-order valence-corrected chi connectivity index (χ2v) is 13.1. The SMILES string of the molecule is CCCCCS[Si](C)(C)C. The van der Waals surface area contributed by atoms with Crippen molar-refractivity contribution in [3.8, 4) is 0 Å². The van der Waals surface area contributed by atoms with Gasteiger partial charge >= 0.3 is 0 Å². The maximum absolute atomic E-state index is 2.42. The van der Waals surface area contributed by atoms with Crippen LogP contribution in [0.4, 0.5) is 0 Å². The second-order valence-electron chi connectivity index (χ2n) is 3.67. The van der Waals surface area contributed by atoms with E-state index in [-0.39, 0.29) is 0 Å². The Morgan fingerprint density at radius 1 is 1.10 bits per heavy atom. The van der Waals surface area contributed by atoms with Gasteiger partial charge in [-0.05, 0) is 12.2 Å². The van der Waals surface area contributed by atoms with Gasteiger partial charge in [-0.15, -0.1) is 0 Å². The topological polar surface area (TPSA) is 0 Å². The first kappa shape index (κ1) is 10.6. The molecule has 0 aliphatic carbocycles. The highest BCUT2D eigenvalue weighted by atomic mass is 32.4. The molecular formula is C8H20SSi. The lowest BCUT2D eigenvalue weighted by Gasteiger charge is -2.14. The van der Waals surface area contributed by atoms with E-state index in [1.165, 1.54) is 25.0 Å². The van der Waals surface area contributed by atoms with Gasteiger partial charge in [0.25, 0.3) is 0 Å². The lowest BCUT2D eigenvalue weighted by molar-refractivity contribution is 0.779. The molecule has 2 heteroatoms. The van der Waals surface area contributed by atoms with Crippen LogP contribution in [0.3, 0.4) is 0 Å². The first-order valence-electron chi connectivity index (χ1n) is 4.20. The summed E-state index contributed by atoms with van der Waals surface area (Å²) in [5.41, 5.74) is 0. The lowest BCUT2D eigenvalue weighted by atomic mass is 10.3. The van der Waals surface area contributed by atoms with Crippen molar-refractivity contribution >= 4 is 18.4 Å². The molecule has 0 spiro atoms. The molecule has 10 heavy (non-hydrogen) atoms. The maximum Gasteiger partial charge on any atom is 0.108 e. The van der Waals surface area contributed by atoms with Gasteiger partial charge in [-0.1, -0.05) is 39.4 Å². The normalized spacial score (nSPS) is 12.0. The third-order valence-electron chi connectivity index (χ3n) is 1.28. The van der Waals surface area contributed by atoms with Crippen LogP contribution in [0.1, 0.15) is 26.2 Å². The van der Waals surface area contributed by atoms with Gasteiger partial charge < -0.3 is 0 Å². The van der Waals surface area contributed by atoms with E-state index in [2.05, 4.69) is 37.8 Å². The molecule has 62 valence electrons. The molecule has 0 saturated carbocycles. The van der Waals surface area contributed by atoms with E-state index < -0.39 is 7.22 Å². The van der Waals surface area contributed by atoms with Crippen LogP contribution in [0.2, 0.25) is 19.6 Å². The van der Waals surface area contributed by atoms with Crippen molar-refractivity contribution in [2.24, 2.45) is 0 Å². The molecule has 0 radical (unpaired) electrons. The summed E-state index contributed by atoms with van der Waals surface area (Å²) in [5.74, 6) is 1.39. The standard InChI is InChI=1S/C8H20SSi/c1-5-6-7-8-9-10(2,3)4/h5-8H2,1-4H3. The summed E-state index contributed by atoms with van der Waals surface area (Å²) >= 11 is 2.21. The first-order valence-corrected chi connectivity index (χ1v) is 9.41. The van der Waals surface area contributed by atoms with Crippen molar-refractivity contribution in [1.82, 2.24) is 0 Å². The first-order chi connectivity index (χ1) is 4.56. The van der Waals surface area contributed by atoms with E-state index in [0.717, 1.165) is 0 Å². The molecule has 0 saturated heterocycles. The van der Waals surface area contributed by atoms with Crippen molar-refractivity contribution < 1.29 is 0 Å². The Bertz CT molecular complexity index is 75.8. The fourth-order valence-electron chi connectivity index (χ4n) is 0.730. The Kier molecular flexibility index (Phi) is 5.55. The van der Waals surface area contributed by atoms with E-state index in [1.54, 1.807) is 0 Å². The summed E-state index contributed by atoms with van der Waals surface area (Å²) in [4.78, 5) is 0. The third kappa shape index (κ3) is 8.57. The summed E-state index contributed by atoms with van der Waals surface area (Å²) in [6, 6.07) is 0. The average molecular weight is 176 g/mol. The molecule has 0 aromatic rings. The molecule has 0 atom stereocenters.